The quantitative estimate of drug-likeness (QED) is 0.622. The van der Waals surface area contributed by atoms with E-state index in [4.69, 9.17) is 0 Å². The van der Waals surface area contributed by atoms with E-state index in [9.17, 15) is 9.18 Å². The smallest absolute Gasteiger partial charge is 0.243 e. The fourth-order valence-corrected chi connectivity index (χ4v) is 1.62. The summed E-state index contributed by atoms with van der Waals surface area (Å²) in [5.41, 5.74) is 0.781. The van der Waals surface area contributed by atoms with Gasteiger partial charge in [0.05, 0.1) is 0 Å². The molecule has 2 aromatic rings. The molecule has 0 fully saturated rings. The predicted molar refractivity (Wildman–Crippen MR) is 73.1 cm³/mol. The first-order valence-electron chi connectivity index (χ1n) is 6.30. The van der Waals surface area contributed by atoms with Crippen molar-refractivity contribution in [1.82, 2.24) is 20.5 Å². The Labute approximate surface area is 115 Å². The molecule has 0 bridgehead atoms. The molecule has 0 spiro atoms. The number of aromatic nitrogens is 3. The molecule has 5 nitrogen and oxygen atoms in total. The molecule has 0 aliphatic rings. The summed E-state index contributed by atoms with van der Waals surface area (Å²) in [6.07, 6.45) is 6.06. The van der Waals surface area contributed by atoms with Gasteiger partial charge in [-0.1, -0.05) is 12.1 Å². The van der Waals surface area contributed by atoms with E-state index in [0.717, 1.165) is 24.2 Å². The Morgan fingerprint density at radius 2 is 2.15 bits per heavy atom. The van der Waals surface area contributed by atoms with Crippen LogP contribution in [-0.4, -0.2) is 27.6 Å². The average molecular weight is 274 g/mol. The van der Waals surface area contributed by atoms with Crippen LogP contribution < -0.4 is 5.32 Å². The first kappa shape index (κ1) is 13.9. The minimum atomic E-state index is -0.293. The number of benzene rings is 1. The van der Waals surface area contributed by atoms with E-state index >= 15 is 0 Å². The highest BCUT2D eigenvalue weighted by atomic mass is 19.1. The van der Waals surface area contributed by atoms with Gasteiger partial charge in [-0.25, -0.2) is 9.37 Å². The van der Waals surface area contributed by atoms with Gasteiger partial charge in [0.25, 0.3) is 0 Å². The van der Waals surface area contributed by atoms with Crippen LogP contribution in [0.25, 0.3) is 6.08 Å². The Kier molecular flexibility index (Phi) is 5.00. The zero-order chi connectivity index (χ0) is 14.2. The molecule has 0 saturated heterocycles. The third-order valence-electron chi connectivity index (χ3n) is 2.65. The number of hydrogen-bond acceptors (Lipinski definition) is 3. The average Bonchev–Trinajstić information content (AvgIpc) is 2.96. The number of halogens is 1. The molecule has 0 aliphatic carbocycles. The highest BCUT2D eigenvalue weighted by molar-refractivity contribution is 5.91. The number of amides is 1. The zero-order valence-electron chi connectivity index (χ0n) is 10.8. The largest absolute Gasteiger partial charge is 0.353 e. The lowest BCUT2D eigenvalue weighted by molar-refractivity contribution is -0.116. The summed E-state index contributed by atoms with van der Waals surface area (Å²) in [5, 5.41) is 9.27. The normalized spacial score (nSPS) is 10.8. The fourth-order valence-electron chi connectivity index (χ4n) is 1.62. The number of aryl methyl sites for hydroxylation is 1. The van der Waals surface area contributed by atoms with Crippen LogP contribution in [0.15, 0.2) is 36.7 Å². The number of aromatic amines is 1. The van der Waals surface area contributed by atoms with Gasteiger partial charge < -0.3 is 5.32 Å². The van der Waals surface area contributed by atoms with Gasteiger partial charge in [-0.05, 0) is 30.2 Å². The Hall–Kier alpha value is -2.50. The molecule has 1 amide bonds. The molecule has 6 heteroatoms. The van der Waals surface area contributed by atoms with Crippen LogP contribution in [-0.2, 0) is 11.2 Å². The standard InChI is InChI=1S/C14H15FN4O/c15-12-6-3-11(4-7-12)5-8-14(20)16-9-1-2-13-17-10-18-19-13/h3-8,10H,1-2,9H2,(H,16,20)(H,17,18,19). The lowest BCUT2D eigenvalue weighted by Gasteiger charge is -2.00. The molecule has 0 atom stereocenters. The van der Waals surface area contributed by atoms with Gasteiger partial charge in [0.15, 0.2) is 0 Å². The molecule has 1 aromatic carbocycles. The summed E-state index contributed by atoms with van der Waals surface area (Å²) in [7, 11) is 0. The SMILES string of the molecule is O=C(C=Cc1ccc(F)cc1)NCCCc1ncn[nH]1. The van der Waals surface area contributed by atoms with E-state index in [-0.39, 0.29) is 11.7 Å². The van der Waals surface area contributed by atoms with Crippen molar-refractivity contribution >= 4 is 12.0 Å². The molecule has 0 radical (unpaired) electrons. The maximum atomic E-state index is 12.7. The zero-order valence-corrected chi connectivity index (χ0v) is 10.8. The number of rotatable bonds is 6. The summed E-state index contributed by atoms with van der Waals surface area (Å²) >= 11 is 0. The number of nitrogens with one attached hydrogen (secondary N) is 2. The molecule has 0 saturated carbocycles. The topological polar surface area (TPSA) is 70.7 Å². The van der Waals surface area contributed by atoms with Crippen molar-refractivity contribution in [3.63, 3.8) is 0 Å². The van der Waals surface area contributed by atoms with Crippen LogP contribution in [0.4, 0.5) is 4.39 Å². The van der Waals surface area contributed by atoms with Crippen molar-refractivity contribution in [2.45, 2.75) is 12.8 Å². The van der Waals surface area contributed by atoms with Crippen molar-refractivity contribution in [3.05, 3.63) is 53.9 Å². The second kappa shape index (κ2) is 7.18. The number of carbonyl (C=O) groups is 1. The Bertz CT molecular complexity index is 563. The summed E-state index contributed by atoms with van der Waals surface area (Å²) in [6.45, 7) is 0.563. The van der Waals surface area contributed by atoms with Gasteiger partial charge in [0.2, 0.25) is 5.91 Å². The molecular weight excluding hydrogens is 259 g/mol. The van der Waals surface area contributed by atoms with Gasteiger partial charge in [-0.15, -0.1) is 0 Å². The summed E-state index contributed by atoms with van der Waals surface area (Å²) in [5.74, 6) is 0.340. The maximum absolute atomic E-state index is 12.7. The summed E-state index contributed by atoms with van der Waals surface area (Å²) < 4.78 is 12.7. The van der Waals surface area contributed by atoms with Crippen LogP contribution in [0, 0.1) is 5.82 Å². The highest BCUT2D eigenvalue weighted by Crippen LogP contribution is 2.04. The first-order valence-corrected chi connectivity index (χ1v) is 6.30. The summed E-state index contributed by atoms with van der Waals surface area (Å²) in [4.78, 5) is 15.5. The fraction of sp³-hybridized carbons (Fsp3) is 0.214. The van der Waals surface area contributed by atoms with E-state index in [1.54, 1.807) is 18.2 Å². The number of H-pyrrole nitrogens is 1. The molecular formula is C14H15FN4O. The molecule has 2 N–H and O–H groups in total. The van der Waals surface area contributed by atoms with E-state index < -0.39 is 0 Å². The number of hydrogen-bond donors (Lipinski definition) is 2. The third kappa shape index (κ3) is 4.64. The van der Waals surface area contributed by atoms with Crippen molar-refractivity contribution in [2.75, 3.05) is 6.54 Å². The number of carbonyl (C=O) groups excluding carboxylic acids is 1. The van der Waals surface area contributed by atoms with Gasteiger partial charge in [-0.2, -0.15) is 5.10 Å². The highest BCUT2D eigenvalue weighted by Gasteiger charge is 1.98. The van der Waals surface area contributed by atoms with Crippen LogP contribution in [0.1, 0.15) is 17.8 Å². The van der Waals surface area contributed by atoms with Gasteiger partial charge in [0.1, 0.15) is 18.0 Å². The van der Waals surface area contributed by atoms with Gasteiger partial charge in [0, 0.05) is 19.0 Å². The maximum Gasteiger partial charge on any atom is 0.243 e. The Morgan fingerprint density at radius 3 is 2.85 bits per heavy atom. The minimum absolute atomic E-state index is 0.174. The minimum Gasteiger partial charge on any atom is -0.353 e. The van der Waals surface area contributed by atoms with Crippen LogP contribution in [0.3, 0.4) is 0 Å². The lowest BCUT2D eigenvalue weighted by atomic mass is 10.2. The van der Waals surface area contributed by atoms with Crippen LogP contribution in [0.5, 0.6) is 0 Å². The second-order valence-electron chi connectivity index (χ2n) is 4.21. The molecule has 0 unspecified atom stereocenters. The molecule has 0 aliphatic heterocycles. The van der Waals surface area contributed by atoms with Gasteiger partial charge in [-0.3, -0.25) is 9.89 Å². The Balaban J connectivity index is 1.68. The van der Waals surface area contributed by atoms with Crippen molar-refractivity contribution in [3.8, 4) is 0 Å². The van der Waals surface area contributed by atoms with Crippen molar-refractivity contribution in [1.29, 1.82) is 0 Å². The number of nitrogens with zero attached hydrogens (tertiary/aromatic N) is 2. The van der Waals surface area contributed by atoms with Crippen LogP contribution >= 0.6 is 0 Å². The molecule has 1 heterocycles. The molecule has 2 rings (SSSR count). The third-order valence-corrected chi connectivity index (χ3v) is 2.65. The first-order chi connectivity index (χ1) is 9.74. The molecule has 1 aromatic heterocycles. The predicted octanol–water partition coefficient (Wildman–Crippen LogP) is 1.71. The lowest BCUT2D eigenvalue weighted by Crippen LogP contribution is -2.22. The van der Waals surface area contributed by atoms with Crippen molar-refractivity contribution < 1.29 is 9.18 Å². The van der Waals surface area contributed by atoms with Crippen molar-refractivity contribution in [2.24, 2.45) is 0 Å². The van der Waals surface area contributed by atoms with E-state index in [2.05, 4.69) is 20.5 Å². The van der Waals surface area contributed by atoms with E-state index in [0.29, 0.717) is 6.54 Å². The summed E-state index contributed by atoms with van der Waals surface area (Å²) in [6, 6.07) is 5.94. The molecule has 104 valence electrons. The molecule has 20 heavy (non-hydrogen) atoms. The van der Waals surface area contributed by atoms with Gasteiger partial charge >= 0.3 is 0 Å². The Morgan fingerprint density at radius 1 is 1.35 bits per heavy atom. The van der Waals surface area contributed by atoms with Crippen LogP contribution in [0.2, 0.25) is 0 Å². The monoisotopic (exact) mass is 274 g/mol. The van der Waals surface area contributed by atoms with E-state index in [1.807, 2.05) is 0 Å². The van der Waals surface area contributed by atoms with E-state index in [1.165, 1.54) is 24.5 Å². The second-order valence-corrected chi connectivity index (χ2v) is 4.21.